The molecule has 0 bridgehead atoms. The Kier molecular flexibility index (Phi) is 4.78. The molecule has 15 heavy (non-hydrogen) atoms. The summed E-state index contributed by atoms with van der Waals surface area (Å²) in [6, 6.07) is 0.222. The van der Waals surface area contributed by atoms with E-state index in [9.17, 15) is 0 Å². The van der Waals surface area contributed by atoms with E-state index in [-0.39, 0.29) is 6.04 Å². The van der Waals surface area contributed by atoms with Gasteiger partial charge in [0.2, 0.25) is 0 Å². The van der Waals surface area contributed by atoms with Crippen molar-refractivity contribution in [3.8, 4) is 0 Å². The van der Waals surface area contributed by atoms with Gasteiger partial charge >= 0.3 is 0 Å². The molecule has 4 nitrogen and oxygen atoms in total. The van der Waals surface area contributed by atoms with Crippen LogP contribution in [0.25, 0.3) is 0 Å². The first kappa shape index (κ1) is 12.2. The first-order valence-electron chi connectivity index (χ1n) is 5.69. The number of hydrogen-bond acceptors (Lipinski definition) is 3. The quantitative estimate of drug-likeness (QED) is 0.556. The van der Waals surface area contributed by atoms with Crippen molar-refractivity contribution >= 4 is 0 Å². The van der Waals surface area contributed by atoms with Gasteiger partial charge in [-0.1, -0.05) is 20.3 Å². The van der Waals surface area contributed by atoms with Gasteiger partial charge in [0, 0.05) is 24.3 Å². The summed E-state index contributed by atoms with van der Waals surface area (Å²) in [5, 5.41) is 4.26. The molecular formula is C11H22N4. The van der Waals surface area contributed by atoms with Gasteiger partial charge in [0.05, 0.1) is 6.20 Å². The maximum atomic E-state index is 5.57. The van der Waals surface area contributed by atoms with Crippen molar-refractivity contribution in [3.63, 3.8) is 0 Å². The van der Waals surface area contributed by atoms with Crippen LogP contribution in [-0.4, -0.2) is 9.78 Å². The second kappa shape index (κ2) is 5.88. The fourth-order valence-electron chi connectivity index (χ4n) is 1.60. The Balaban J connectivity index is 2.65. The molecule has 2 atom stereocenters. The zero-order valence-electron chi connectivity index (χ0n) is 9.90. The lowest BCUT2D eigenvalue weighted by Crippen LogP contribution is -2.29. The molecule has 0 saturated carbocycles. The SMILES string of the molecule is CCC(C)CC(NN)c1cnn(CC)c1. The third-order valence-corrected chi connectivity index (χ3v) is 2.92. The van der Waals surface area contributed by atoms with E-state index >= 15 is 0 Å². The number of rotatable bonds is 6. The van der Waals surface area contributed by atoms with Crippen LogP contribution in [0.1, 0.15) is 45.2 Å². The summed E-state index contributed by atoms with van der Waals surface area (Å²) in [7, 11) is 0. The molecule has 0 aliphatic heterocycles. The molecule has 0 spiro atoms. The van der Waals surface area contributed by atoms with E-state index in [1.54, 1.807) is 0 Å². The first-order chi connectivity index (χ1) is 7.21. The van der Waals surface area contributed by atoms with Crippen molar-refractivity contribution in [2.75, 3.05) is 0 Å². The van der Waals surface area contributed by atoms with Crippen LogP contribution in [0.3, 0.4) is 0 Å². The van der Waals surface area contributed by atoms with E-state index in [0.29, 0.717) is 5.92 Å². The molecule has 2 unspecified atom stereocenters. The highest BCUT2D eigenvalue weighted by molar-refractivity contribution is 5.10. The van der Waals surface area contributed by atoms with Gasteiger partial charge in [-0.2, -0.15) is 5.10 Å². The fraction of sp³-hybridized carbons (Fsp3) is 0.727. The minimum atomic E-state index is 0.222. The average Bonchev–Trinajstić information content (AvgIpc) is 2.73. The minimum Gasteiger partial charge on any atom is -0.273 e. The molecule has 4 heteroatoms. The lowest BCUT2D eigenvalue weighted by atomic mass is 9.96. The van der Waals surface area contributed by atoms with Crippen molar-refractivity contribution in [3.05, 3.63) is 18.0 Å². The van der Waals surface area contributed by atoms with Gasteiger partial charge in [0.25, 0.3) is 0 Å². The normalized spacial score (nSPS) is 15.2. The van der Waals surface area contributed by atoms with Crippen LogP contribution in [0, 0.1) is 5.92 Å². The molecule has 0 aliphatic rings. The molecule has 3 N–H and O–H groups in total. The lowest BCUT2D eigenvalue weighted by Gasteiger charge is -2.17. The minimum absolute atomic E-state index is 0.222. The van der Waals surface area contributed by atoms with Gasteiger partial charge < -0.3 is 0 Å². The number of nitrogens with two attached hydrogens (primary N) is 1. The Morgan fingerprint density at radius 1 is 1.53 bits per heavy atom. The summed E-state index contributed by atoms with van der Waals surface area (Å²) < 4.78 is 1.93. The largest absolute Gasteiger partial charge is 0.273 e. The molecule has 0 aromatic carbocycles. The zero-order valence-corrected chi connectivity index (χ0v) is 9.90. The fourth-order valence-corrected chi connectivity index (χ4v) is 1.60. The van der Waals surface area contributed by atoms with E-state index < -0.39 is 0 Å². The summed E-state index contributed by atoms with van der Waals surface area (Å²) in [5.41, 5.74) is 4.05. The smallest absolute Gasteiger partial charge is 0.0538 e. The molecule has 86 valence electrons. The number of hydrogen-bond donors (Lipinski definition) is 2. The lowest BCUT2D eigenvalue weighted by molar-refractivity contribution is 0.407. The summed E-state index contributed by atoms with van der Waals surface area (Å²) in [5.74, 6) is 6.25. The van der Waals surface area contributed by atoms with E-state index in [4.69, 9.17) is 5.84 Å². The molecule has 0 amide bonds. The number of aryl methyl sites for hydroxylation is 1. The van der Waals surface area contributed by atoms with Crippen molar-refractivity contribution in [2.45, 2.75) is 46.2 Å². The van der Waals surface area contributed by atoms with Crippen LogP contribution in [0.4, 0.5) is 0 Å². The number of hydrazine groups is 1. The molecular weight excluding hydrogens is 188 g/mol. The van der Waals surface area contributed by atoms with Gasteiger partial charge in [-0.3, -0.25) is 16.0 Å². The van der Waals surface area contributed by atoms with Gasteiger partial charge in [-0.25, -0.2) is 0 Å². The van der Waals surface area contributed by atoms with Gasteiger partial charge in [-0.15, -0.1) is 0 Å². The molecule has 0 fully saturated rings. The molecule has 0 radical (unpaired) electrons. The maximum Gasteiger partial charge on any atom is 0.0538 e. The molecule has 0 saturated heterocycles. The topological polar surface area (TPSA) is 55.9 Å². The maximum absolute atomic E-state index is 5.57. The molecule has 1 aromatic heterocycles. The average molecular weight is 210 g/mol. The van der Waals surface area contributed by atoms with Crippen LogP contribution in [0.2, 0.25) is 0 Å². The van der Waals surface area contributed by atoms with Gasteiger partial charge in [0.15, 0.2) is 0 Å². The van der Waals surface area contributed by atoms with Gasteiger partial charge in [0.1, 0.15) is 0 Å². The molecule has 1 rings (SSSR count). The number of aromatic nitrogens is 2. The van der Waals surface area contributed by atoms with Crippen LogP contribution >= 0.6 is 0 Å². The van der Waals surface area contributed by atoms with E-state index in [1.807, 2.05) is 10.9 Å². The third-order valence-electron chi connectivity index (χ3n) is 2.92. The van der Waals surface area contributed by atoms with Crippen molar-refractivity contribution in [2.24, 2.45) is 11.8 Å². The summed E-state index contributed by atoms with van der Waals surface area (Å²) in [4.78, 5) is 0. The molecule has 1 heterocycles. The predicted molar refractivity (Wildman–Crippen MR) is 62.0 cm³/mol. The van der Waals surface area contributed by atoms with Crippen LogP contribution in [0.15, 0.2) is 12.4 Å². The Bertz CT molecular complexity index is 282. The summed E-state index contributed by atoms with van der Waals surface area (Å²) in [6.45, 7) is 7.43. The Labute approximate surface area is 91.8 Å². The molecule has 0 aliphatic carbocycles. The highest BCUT2D eigenvalue weighted by Crippen LogP contribution is 2.21. The predicted octanol–water partition coefficient (Wildman–Crippen LogP) is 1.84. The van der Waals surface area contributed by atoms with E-state index in [1.165, 1.54) is 12.0 Å². The molecule has 1 aromatic rings. The van der Waals surface area contributed by atoms with E-state index in [0.717, 1.165) is 13.0 Å². The van der Waals surface area contributed by atoms with Crippen molar-refractivity contribution in [1.29, 1.82) is 0 Å². The summed E-state index contributed by atoms with van der Waals surface area (Å²) in [6.07, 6.45) is 6.20. The van der Waals surface area contributed by atoms with Crippen molar-refractivity contribution in [1.82, 2.24) is 15.2 Å². The van der Waals surface area contributed by atoms with Crippen LogP contribution in [-0.2, 0) is 6.54 Å². The highest BCUT2D eigenvalue weighted by Gasteiger charge is 2.14. The second-order valence-electron chi connectivity index (χ2n) is 4.10. The summed E-state index contributed by atoms with van der Waals surface area (Å²) >= 11 is 0. The number of nitrogens with one attached hydrogen (secondary N) is 1. The Morgan fingerprint density at radius 2 is 2.27 bits per heavy atom. The second-order valence-corrected chi connectivity index (χ2v) is 4.10. The highest BCUT2D eigenvalue weighted by atomic mass is 15.3. The standard InChI is InChI=1S/C11H22N4/c1-4-9(3)6-11(14-12)10-7-13-15(5-2)8-10/h7-9,11,14H,4-6,12H2,1-3H3. The Morgan fingerprint density at radius 3 is 2.73 bits per heavy atom. The zero-order chi connectivity index (χ0) is 11.3. The Hall–Kier alpha value is -0.870. The number of nitrogens with zero attached hydrogens (tertiary/aromatic N) is 2. The van der Waals surface area contributed by atoms with Crippen LogP contribution < -0.4 is 11.3 Å². The third kappa shape index (κ3) is 3.32. The van der Waals surface area contributed by atoms with E-state index in [2.05, 4.69) is 37.5 Å². The van der Waals surface area contributed by atoms with Crippen LogP contribution in [0.5, 0.6) is 0 Å². The van der Waals surface area contributed by atoms with Gasteiger partial charge in [-0.05, 0) is 19.3 Å². The monoisotopic (exact) mass is 210 g/mol. The van der Waals surface area contributed by atoms with Crippen molar-refractivity contribution < 1.29 is 0 Å². The first-order valence-corrected chi connectivity index (χ1v) is 5.69.